The number of rotatable bonds is 3. The first-order chi connectivity index (χ1) is 9.72. The van der Waals surface area contributed by atoms with E-state index in [0.717, 1.165) is 17.4 Å². The molecule has 1 aliphatic carbocycles. The first-order valence-electron chi connectivity index (χ1n) is 6.44. The molecule has 0 radical (unpaired) electrons. The minimum atomic E-state index is -3.66. The first-order valence-corrected chi connectivity index (χ1v) is 7.92. The topological polar surface area (TPSA) is 95.7 Å². The first kappa shape index (κ1) is 14.0. The lowest BCUT2D eigenvalue weighted by molar-refractivity contribution is -0.138. The molecule has 2 amide bonds. The third-order valence-corrected chi connectivity index (χ3v) is 5.34. The molecule has 2 aliphatic rings. The normalized spacial score (nSPS) is 20.0. The summed E-state index contributed by atoms with van der Waals surface area (Å²) in [4.78, 5) is 26.7. The van der Waals surface area contributed by atoms with Gasteiger partial charge in [-0.15, -0.1) is 0 Å². The highest BCUT2D eigenvalue weighted by atomic mass is 32.2. The summed E-state index contributed by atoms with van der Waals surface area (Å²) in [6.45, 7) is 1.84. The second kappa shape index (κ2) is 4.28. The Morgan fingerprint density at radius 1 is 1.29 bits per heavy atom. The minimum Gasteiger partial charge on any atom is -0.255 e. The summed E-state index contributed by atoms with van der Waals surface area (Å²) >= 11 is 0. The summed E-state index contributed by atoms with van der Waals surface area (Å²) in [7, 11) is -2.24. The fourth-order valence-corrected chi connectivity index (χ4v) is 3.60. The number of hydrogen-bond acceptors (Lipinski definition) is 4. The number of nitrogens with one attached hydrogen (secondary N) is 1. The zero-order chi connectivity index (χ0) is 15.4. The van der Waals surface area contributed by atoms with E-state index < -0.39 is 21.8 Å². The Hall–Kier alpha value is -1.93. The Balaban J connectivity index is 2.15. The van der Waals surface area contributed by atoms with Gasteiger partial charge in [0.2, 0.25) is 15.4 Å². The lowest BCUT2D eigenvalue weighted by atomic mass is 10.3. The molecule has 1 aromatic rings. The maximum absolute atomic E-state index is 12.3. The van der Waals surface area contributed by atoms with Gasteiger partial charge < -0.3 is 0 Å². The fraction of sp³-hybridized carbons (Fsp3) is 0.385. The molecule has 1 N–H and O–H groups in total. The Labute approximate surface area is 121 Å². The Morgan fingerprint density at radius 2 is 1.95 bits per heavy atom. The zero-order valence-corrected chi connectivity index (χ0v) is 12.4. The molecule has 110 valence electrons. The van der Waals surface area contributed by atoms with E-state index in [0.29, 0.717) is 10.7 Å². The molecule has 0 aromatic heterocycles. The van der Waals surface area contributed by atoms with E-state index in [9.17, 15) is 18.0 Å². The van der Waals surface area contributed by atoms with Gasteiger partial charge in [-0.3, -0.25) is 4.79 Å². The van der Waals surface area contributed by atoms with E-state index in [1.165, 1.54) is 25.2 Å². The van der Waals surface area contributed by atoms with Crippen molar-refractivity contribution < 1.29 is 18.0 Å². The third kappa shape index (κ3) is 2.40. The van der Waals surface area contributed by atoms with E-state index in [1.807, 2.05) is 6.92 Å². The molecule has 0 spiro atoms. The average molecular weight is 308 g/mol. The summed E-state index contributed by atoms with van der Waals surface area (Å²) in [5.41, 5.74) is -0.378. The van der Waals surface area contributed by atoms with E-state index in [1.54, 1.807) is 0 Å². The predicted molar refractivity (Wildman–Crippen MR) is 72.4 cm³/mol. The van der Waals surface area contributed by atoms with Crippen molar-refractivity contribution in [3.63, 3.8) is 0 Å². The van der Waals surface area contributed by atoms with Gasteiger partial charge in [0.15, 0.2) is 0 Å². The summed E-state index contributed by atoms with van der Waals surface area (Å²) < 4.78 is 28.4. The highest BCUT2D eigenvalue weighted by Crippen LogP contribution is 2.35. The van der Waals surface area contributed by atoms with Crippen LogP contribution >= 0.6 is 0 Å². The number of sulfonamides is 1. The van der Waals surface area contributed by atoms with Crippen LogP contribution in [0.2, 0.25) is 0 Å². The van der Waals surface area contributed by atoms with Gasteiger partial charge in [0.05, 0.1) is 4.90 Å². The van der Waals surface area contributed by atoms with Crippen LogP contribution in [0.5, 0.6) is 0 Å². The molecule has 1 aromatic carbocycles. The molecule has 1 heterocycles. The van der Waals surface area contributed by atoms with Gasteiger partial charge in [-0.2, -0.15) is 9.57 Å². The van der Waals surface area contributed by atoms with Crippen molar-refractivity contribution in [3.8, 4) is 0 Å². The van der Waals surface area contributed by atoms with Crippen molar-refractivity contribution in [1.82, 2.24) is 9.30 Å². The SMILES string of the molecule is C[N+]1=c2cc(S(=O)(=O)NC3(C)CC3)ccc2=NC(=O)C1=O. The number of carbonyl (C=O) groups excluding carboxylic acids is 2. The third-order valence-electron chi connectivity index (χ3n) is 3.71. The highest BCUT2D eigenvalue weighted by molar-refractivity contribution is 7.89. The maximum atomic E-state index is 12.3. The quantitative estimate of drug-likeness (QED) is 0.533. The molecule has 7 nitrogen and oxygen atoms in total. The van der Waals surface area contributed by atoms with Crippen LogP contribution in [0.15, 0.2) is 28.1 Å². The number of benzene rings is 1. The summed E-state index contributed by atoms with van der Waals surface area (Å²) in [5, 5.41) is 0.599. The molecular weight excluding hydrogens is 294 g/mol. The number of nitrogens with zero attached hydrogens (tertiary/aromatic N) is 2. The van der Waals surface area contributed by atoms with Crippen molar-refractivity contribution in [2.75, 3.05) is 7.05 Å². The van der Waals surface area contributed by atoms with Gasteiger partial charge in [0, 0.05) is 11.6 Å². The van der Waals surface area contributed by atoms with Crippen LogP contribution in [-0.4, -0.2) is 32.8 Å². The summed E-state index contributed by atoms with van der Waals surface area (Å²) in [6.07, 6.45) is 1.61. The van der Waals surface area contributed by atoms with Gasteiger partial charge in [-0.1, -0.05) is 0 Å². The van der Waals surface area contributed by atoms with E-state index in [2.05, 4.69) is 9.71 Å². The standard InChI is InChI=1S/C13H14N3O4S/c1-13(5-6-13)15-21(19,20)8-3-4-9-10(7-8)16(2)12(18)11(17)14-9/h3-4,7,15H,5-6H2,1-2H3/q+1. The molecule has 1 saturated carbocycles. The number of amides is 2. The summed E-state index contributed by atoms with van der Waals surface area (Å²) in [6, 6.07) is 4.17. The van der Waals surface area contributed by atoms with Gasteiger partial charge in [0.1, 0.15) is 12.4 Å². The number of likely N-dealkylation sites (N-methyl/N-ethyl adjacent to an activating group) is 1. The van der Waals surface area contributed by atoms with E-state index in [-0.39, 0.29) is 10.4 Å². The van der Waals surface area contributed by atoms with Gasteiger partial charge in [0.25, 0.3) is 0 Å². The molecule has 8 heteroatoms. The van der Waals surface area contributed by atoms with Gasteiger partial charge >= 0.3 is 11.8 Å². The molecule has 3 rings (SSSR count). The van der Waals surface area contributed by atoms with Crippen molar-refractivity contribution >= 4 is 21.8 Å². The maximum Gasteiger partial charge on any atom is 0.479 e. The molecule has 0 saturated heterocycles. The van der Waals surface area contributed by atoms with Crippen LogP contribution in [0.1, 0.15) is 19.8 Å². The predicted octanol–water partition coefficient (Wildman–Crippen LogP) is -1.68. The monoisotopic (exact) mass is 308 g/mol. The Bertz CT molecular complexity index is 898. The number of fused-ring (bicyclic) bond motifs is 1. The van der Waals surface area contributed by atoms with E-state index >= 15 is 0 Å². The molecule has 21 heavy (non-hydrogen) atoms. The van der Waals surface area contributed by atoms with Crippen molar-refractivity contribution in [2.45, 2.75) is 30.2 Å². The molecular formula is C13H14N3O4S+. The van der Waals surface area contributed by atoms with Crippen molar-refractivity contribution in [2.24, 2.45) is 4.99 Å². The molecule has 1 aliphatic heterocycles. The smallest absolute Gasteiger partial charge is 0.255 e. The van der Waals surface area contributed by atoms with Crippen molar-refractivity contribution in [3.05, 3.63) is 28.9 Å². The second-order valence-corrected chi connectivity index (χ2v) is 7.28. The molecule has 0 bridgehead atoms. The van der Waals surface area contributed by atoms with Crippen LogP contribution in [0.25, 0.3) is 0 Å². The Kier molecular flexibility index (Phi) is 2.86. The van der Waals surface area contributed by atoms with Gasteiger partial charge in [-0.05, 0) is 31.9 Å². The molecule has 0 atom stereocenters. The Morgan fingerprint density at radius 3 is 2.57 bits per heavy atom. The average Bonchev–Trinajstić information content (AvgIpc) is 3.12. The number of hydrogen-bond donors (Lipinski definition) is 1. The summed E-state index contributed by atoms with van der Waals surface area (Å²) in [5.74, 6) is -1.64. The molecule has 1 fully saturated rings. The van der Waals surface area contributed by atoms with Crippen molar-refractivity contribution in [1.29, 1.82) is 0 Å². The van der Waals surface area contributed by atoms with Crippen LogP contribution in [0.3, 0.4) is 0 Å². The lowest BCUT2D eigenvalue weighted by Crippen LogP contribution is -2.49. The number of carbonyl (C=O) groups is 2. The van der Waals surface area contributed by atoms with Crippen LogP contribution in [0.4, 0.5) is 0 Å². The molecule has 0 unspecified atom stereocenters. The highest BCUT2D eigenvalue weighted by Gasteiger charge is 2.41. The van der Waals surface area contributed by atoms with E-state index in [4.69, 9.17) is 0 Å². The minimum absolute atomic E-state index is 0.0542. The fourth-order valence-electron chi connectivity index (χ4n) is 2.12. The lowest BCUT2D eigenvalue weighted by Gasteiger charge is -2.11. The van der Waals surface area contributed by atoms with Crippen LogP contribution < -0.4 is 20.0 Å². The van der Waals surface area contributed by atoms with Gasteiger partial charge in [-0.25, -0.2) is 17.9 Å². The van der Waals surface area contributed by atoms with Crippen LogP contribution in [-0.2, 0) is 19.6 Å². The second-order valence-electron chi connectivity index (χ2n) is 5.60. The largest absolute Gasteiger partial charge is 0.479 e. The van der Waals surface area contributed by atoms with Crippen LogP contribution in [0, 0.1) is 0 Å². The zero-order valence-electron chi connectivity index (χ0n) is 11.6.